The largest absolute Gasteiger partial charge is 0.497 e. The first-order chi connectivity index (χ1) is 12.6. The number of carbonyl (C=O) groups excluding carboxylic acids is 2. The maximum absolute atomic E-state index is 12.3. The molecule has 2 aromatic rings. The van der Waals surface area contributed by atoms with Crippen LogP contribution in [0.2, 0.25) is 0 Å². The van der Waals surface area contributed by atoms with Crippen LogP contribution in [-0.2, 0) is 11.2 Å². The van der Waals surface area contributed by atoms with Crippen molar-refractivity contribution in [3.05, 3.63) is 59.7 Å². The molecular weight excluding hydrogens is 332 g/mol. The molecule has 0 aliphatic carbocycles. The van der Waals surface area contributed by atoms with Crippen LogP contribution in [0.15, 0.2) is 48.5 Å². The fourth-order valence-electron chi connectivity index (χ4n) is 2.27. The summed E-state index contributed by atoms with van der Waals surface area (Å²) in [6.45, 7) is 2.62. The van der Waals surface area contributed by atoms with E-state index in [9.17, 15) is 9.59 Å². The fourth-order valence-corrected chi connectivity index (χ4v) is 2.27. The third-order valence-electron chi connectivity index (χ3n) is 3.73. The van der Waals surface area contributed by atoms with E-state index in [-0.39, 0.29) is 12.3 Å². The van der Waals surface area contributed by atoms with Crippen molar-refractivity contribution in [2.24, 2.45) is 0 Å². The van der Waals surface area contributed by atoms with Crippen molar-refractivity contribution in [3.63, 3.8) is 0 Å². The Morgan fingerprint density at radius 2 is 1.73 bits per heavy atom. The number of hydrazine groups is 1. The van der Waals surface area contributed by atoms with Gasteiger partial charge in [-0.1, -0.05) is 37.6 Å². The van der Waals surface area contributed by atoms with Crippen LogP contribution in [-0.4, -0.2) is 25.5 Å². The normalized spacial score (nSPS) is 10.1. The molecule has 0 atom stereocenters. The number of amides is 2. The second-order valence-electron chi connectivity index (χ2n) is 5.73. The van der Waals surface area contributed by atoms with Crippen LogP contribution in [0, 0.1) is 0 Å². The quantitative estimate of drug-likeness (QED) is 0.563. The van der Waals surface area contributed by atoms with Crippen molar-refractivity contribution in [3.8, 4) is 11.5 Å². The van der Waals surface area contributed by atoms with E-state index >= 15 is 0 Å². The number of ether oxygens (including phenoxy) is 2. The van der Waals surface area contributed by atoms with Gasteiger partial charge in [0.1, 0.15) is 11.5 Å². The van der Waals surface area contributed by atoms with Gasteiger partial charge in [0.2, 0.25) is 5.91 Å². The van der Waals surface area contributed by atoms with Crippen molar-refractivity contribution < 1.29 is 19.1 Å². The van der Waals surface area contributed by atoms with E-state index in [0.29, 0.717) is 17.9 Å². The van der Waals surface area contributed by atoms with Crippen molar-refractivity contribution in [1.29, 1.82) is 0 Å². The summed E-state index contributed by atoms with van der Waals surface area (Å²) < 4.78 is 10.7. The first-order valence-electron chi connectivity index (χ1n) is 8.58. The Bertz CT molecular complexity index is 729. The SMILES string of the molecule is CCCCOc1ccccc1C(=O)NNC(=O)Cc1ccc(OC)cc1. The lowest BCUT2D eigenvalue weighted by atomic mass is 10.1. The summed E-state index contributed by atoms with van der Waals surface area (Å²) in [4.78, 5) is 24.3. The molecule has 2 aromatic carbocycles. The highest BCUT2D eigenvalue weighted by Gasteiger charge is 2.13. The molecule has 0 spiro atoms. The third-order valence-corrected chi connectivity index (χ3v) is 3.73. The Kier molecular flexibility index (Phi) is 7.49. The van der Waals surface area contributed by atoms with Crippen LogP contribution in [0.25, 0.3) is 0 Å². The first kappa shape index (κ1) is 19.3. The average Bonchev–Trinajstić information content (AvgIpc) is 2.67. The number of carbonyl (C=O) groups is 2. The maximum Gasteiger partial charge on any atom is 0.273 e. The number of para-hydroxylation sites is 1. The molecule has 0 heterocycles. The highest BCUT2D eigenvalue weighted by Crippen LogP contribution is 2.18. The minimum Gasteiger partial charge on any atom is -0.497 e. The monoisotopic (exact) mass is 356 g/mol. The van der Waals surface area contributed by atoms with Crippen molar-refractivity contribution >= 4 is 11.8 Å². The van der Waals surface area contributed by atoms with Crippen molar-refractivity contribution in [2.45, 2.75) is 26.2 Å². The Morgan fingerprint density at radius 1 is 1.00 bits per heavy atom. The molecule has 138 valence electrons. The van der Waals surface area contributed by atoms with Crippen LogP contribution in [0.3, 0.4) is 0 Å². The molecule has 0 unspecified atom stereocenters. The molecule has 6 heteroatoms. The zero-order chi connectivity index (χ0) is 18.8. The zero-order valence-corrected chi connectivity index (χ0v) is 15.1. The van der Waals surface area contributed by atoms with E-state index in [1.54, 1.807) is 55.6 Å². The van der Waals surface area contributed by atoms with Gasteiger partial charge in [-0.2, -0.15) is 0 Å². The zero-order valence-electron chi connectivity index (χ0n) is 15.1. The lowest BCUT2D eigenvalue weighted by Gasteiger charge is -2.12. The lowest BCUT2D eigenvalue weighted by Crippen LogP contribution is -2.42. The van der Waals surface area contributed by atoms with Gasteiger partial charge in [0.15, 0.2) is 0 Å². The number of hydrogen-bond acceptors (Lipinski definition) is 4. The topological polar surface area (TPSA) is 76.7 Å². The molecule has 0 radical (unpaired) electrons. The fraction of sp³-hybridized carbons (Fsp3) is 0.300. The predicted octanol–water partition coefficient (Wildman–Crippen LogP) is 2.88. The number of unbranched alkanes of at least 4 members (excludes halogenated alkanes) is 1. The molecule has 2 N–H and O–H groups in total. The predicted molar refractivity (Wildman–Crippen MR) is 99.2 cm³/mol. The van der Waals surface area contributed by atoms with Gasteiger partial charge >= 0.3 is 0 Å². The number of hydrogen-bond donors (Lipinski definition) is 2. The average molecular weight is 356 g/mol. The molecule has 0 saturated heterocycles. The van der Waals surface area contributed by atoms with Crippen molar-refractivity contribution in [1.82, 2.24) is 10.9 Å². The summed E-state index contributed by atoms with van der Waals surface area (Å²) in [5, 5.41) is 0. The number of benzene rings is 2. The Balaban J connectivity index is 1.88. The molecule has 0 bridgehead atoms. The van der Waals surface area contributed by atoms with Gasteiger partial charge in [-0.25, -0.2) is 0 Å². The Labute approximate surface area is 153 Å². The first-order valence-corrected chi connectivity index (χ1v) is 8.58. The van der Waals surface area contributed by atoms with E-state index < -0.39 is 5.91 Å². The number of methoxy groups -OCH3 is 1. The van der Waals surface area contributed by atoms with Gasteiger partial charge in [-0.15, -0.1) is 0 Å². The van der Waals surface area contributed by atoms with E-state index in [1.807, 2.05) is 0 Å². The summed E-state index contributed by atoms with van der Waals surface area (Å²) in [5.41, 5.74) is 6.06. The van der Waals surface area contributed by atoms with Crippen LogP contribution >= 0.6 is 0 Å². The minimum absolute atomic E-state index is 0.152. The third kappa shape index (κ3) is 5.81. The van der Waals surface area contributed by atoms with Gasteiger partial charge in [-0.3, -0.25) is 20.4 Å². The summed E-state index contributed by atoms with van der Waals surface area (Å²) >= 11 is 0. The second kappa shape index (κ2) is 10.1. The van der Waals surface area contributed by atoms with Crippen LogP contribution < -0.4 is 20.3 Å². The van der Waals surface area contributed by atoms with Gasteiger partial charge in [0.05, 0.1) is 25.7 Å². The summed E-state index contributed by atoms with van der Waals surface area (Å²) in [5.74, 6) is 0.498. The highest BCUT2D eigenvalue weighted by atomic mass is 16.5. The van der Waals surface area contributed by atoms with Crippen LogP contribution in [0.1, 0.15) is 35.7 Å². The standard InChI is InChI=1S/C20H24N2O4/c1-3-4-13-26-18-8-6-5-7-17(18)20(24)22-21-19(23)14-15-9-11-16(25-2)12-10-15/h5-12H,3-4,13-14H2,1-2H3,(H,21,23)(H,22,24). The summed E-state index contributed by atoms with van der Waals surface area (Å²) in [7, 11) is 1.58. The van der Waals surface area contributed by atoms with Crippen LogP contribution in [0.5, 0.6) is 11.5 Å². The van der Waals surface area contributed by atoms with Crippen LogP contribution in [0.4, 0.5) is 0 Å². The number of nitrogens with one attached hydrogen (secondary N) is 2. The van der Waals surface area contributed by atoms with E-state index in [0.717, 1.165) is 24.2 Å². The Hall–Kier alpha value is -3.02. The molecule has 0 aliphatic heterocycles. The van der Waals surface area contributed by atoms with E-state index in [2.05, 4.69) is 17.8 Å². The molecule has 0 aromatic heterocycles. The molecule has 0 saturated carbocycles. The summed E-state index contributed by atoms with van der Waals surface area (Å²) in [6.07, 6.45) is 2.07. The van der Waals surface area contributed by atoms with Gasteiger partial charge in [0, 0.05) is 0 Å². The van der Waals surface area contributed by atoms with E-state index in [4.69, 9.17) is 9.47 Å². The van der Waals surface area contributed by atoms with Crippen molar-refractivity contribution in [2.75, 3.05) is 13.7 Å². The maximum atomic E-state index is 12.3. The van der Waals surface area contributed by atoms with Gasteiger partial charge in [0.25, 0.3) is 5.91 Å². The Morgan fingerprint density at radius 3 is 2.42 bits per heavy atom. The molecule has 2 amide bonds. The number of rotatable bonds is 8. The molecule has 0 aliphatic rings. The molecule has 2 rings (SSSR count). The summed E-state index contributed by atoms with van der Waals surface area (Å²) in [6, 6.07) is 14.1. The highest BCUT2D eigenvalue weighted by molar-refractivity contribution is 5.97. The lowest BCUT2D eigenvalue weighted by molar-refractivity contribution is -0.121. The van der Waals surface area contributed by atoms with Gasteiger partial charge in [-0.05, 0) is 36.2 Å². The molecule has 6 nitrogen and oxygen atoms in total. The van der Waals surface area contributed by atoms with E-state index in [1.165, 1.54) is 0 Å². The smallest absolute Gasteiger partial charge is 0.273 e. The second-order valence-corrected chi connectivity index (χ2v) is 5.73. The molecule has 26 heavy (non-hydrogen) atoms. The molecular formula is C20H24N2O4. The minimum atomic E-state index is -0.417. The van der Waals surface area contributed by atoms with Gasteiger partial charge < -0.3 is 9.47 Å². The molecule has 0 fully saturated rings.